The van der Waals surface area contributed by atoms with Crippen molar-refractivity contribution in [3.8, 4) is 5.75 Å². The summed E-state index contributed by atoms with van der Waals surface area (Å²) in [5.74, 6) is -0.373. The summed E-state index contributed by atoms with van der Waals surface area (Å²) in [7, 11) is 0. The standard InChI is InChI=1S/C25H26ClN3O3/c1-3-29(4-2)19-15-13-18(14-16-19)27-25(31)20-9-5-8-12-23(20)32-17-24(30)28-22-11-7-6-10-21(22)26/h5-16H,3-4,17H2,1-2H3,(H,27,31)(H,28,30). The third kappa shape index (κ3) is 6.02. The molecule has 0 atom stereocenters. The Kier molecular flexibility index (Phi) is 8.11. The number of para-hydroxylation sites is 2. The van der Waals surface area contributed by atoms with E-state index in [-0.39, 0.29) is 18.4 Å². The Morgan fingerprint density at radius 3 is 2.22 bits per heavy atom. The lowest BCUT2D eigenvalue weighted by atomic mass is 10.1. The van der Waals surface area contributed by atoms with E-state index in [4.69, 9.17) is 16.3 Å². The van der Waals surface area contributed by atoms with E-state index in [1.165, 1.54) is 0 Å². The molecule has 0 aliphatic carbocycles. The lowest BCUT2D eigenvalue weighted by Gasteiger charge is -2.21. The fourth-order valence-electron chi connectivity index (χ4n) is 3.22. The molecule has 7 heteroatoms. The van der Waals surface area contributed by atoms with Gasteiger partial charge in [0.1, 0.15) is 5.75 Å². The van der Waals surface area contributed by atoms with E-state index >= 15 is 0 Å². The van der Waals surface area contributed by atoms with Crippen LogP contribution in [-0.4, -0.2) is 31.5 Å². The molecule has 3 aromatic rings. The highest BCUT2D eigenvalue weighted by atomic mass is 35.5. The molecule has 3 aromatic carbocycles. The second-order valence-electron chi connectivity index (χ2n) is 6.99. The largest absolute Gasteiger partial charge is 0.483 e. The predicted molar refractivity (Wildman–Crippen MR) is 130 cm³/mol. The van der Waals surface area contributed by atoms with Gasteiger partial charge in [-0.1, -0.05) is 35.9 Å². The molecule has 0 saturated carbocycles. The number of nitrogens with zero attached hydrogens (tertiary/aromatic N) is 1. The minimum Gasteiger partial charge on any atom is -0.483 e. The van der Waals surface area contributed by atoms with Gasteiger partial charge in [0.2, 0.25) is 0 Å². The number of halogens is 1. The normalized spacial score (nSPS) is 10.3. The summed E-state index contributed by atoms with van der Waals surface area (Å²) in [6, 6.07) is 21.4. The zero-order valence-electron chi connectivity index (χ0n) is 18.1. The van der Waals surface area contributed by atoms with Gasteiger partial charge in [-0.3, -0.25) is 9.59 Å². The van der Waals surface area contributed by atoms with Crippen molar-refractivity contribution in [1.82, 2.24) is 0 Å². The molecule has 0 radical (unpaired) electrons. The number of hydrogen-bond acceptors (Lipinski definition) is 4. The summed E-state index contributed by atoms with van der Waals surface area (Å²) in [6.07, 6.45) is 0. The van der Waals surface area contributed by atoms with Crippen LogP contribution in [0.4, 0.5) is 17.1 Å². The molecule has 2 N–H and O–H groups in total. The van der Waals surface area contributed by atoms with E-state index in [1.807, 2.05) is 24.3 Å². The van der Waals surface area contributed by atoms with Crippen LogP contribution in [0.25, 0.3) is 0 Å². The van der Waals surface area contributed by atoms with Crippen LogP contribution in [0.1, 0.15) is 24.2 Å². The minimum absolute atomic E-state index is 0.256. The van der Waals surface area contributed by atoms with Crippen molar-refractivity contribution >= 4 is 40.5 Å². The number of rotatable bonds is 9. The molecule has 6 nitrogen and oxygen atoms in total. The summed E-state index contributed by atoms with van der Waals surface area (Å²) in [5.41, 5.74) is 2.62. The van der Waals surface area contributed by atoms with Crippen LogP contribution in [0, 0.1) is 0 Å². The lowest BCUT2D eigenvalue weighted by molar-refractivity contribution is -0.118. The van der Waals surface area contributed by atoms with Crippen LogP contribution in [0.2, 0.25) is 5.02 Å². The smallest absolute Gasteiger partial charge is 0.262 e. The Bertz CT molecular complexity index is 1070. The molecule has 0 aliphatic rings. The predicted octanol–water partition coefficient (Wildman–Crippen LogP) is 5.46. The highest BCUT2D eigenvalue weighted by molar-refractivity contribution is 6.33. The fraction of sp³-hybridized carbons (Fsp3) is 0.200. The molecule has 0 aliphatic heterocycles. The summed E-state index contributed by atoms with van der Waals surface area (Å²) in [4.78, 5) is 27.3. The van der Waals surface area contributed by atoms with Gasteiger partial charge in [0.25, 0.3) is 11.8 Å². The second kappa shape index (κ2) is 11.2. The van der Waals surface area contributed by atoms with Gasteiger partial charge >= 0.3 is 0 Å². The molecule has 0 heterocycles. The first-order valence-electron chi connectivity index (χ1n) is 10.4. The van der Waals surface area contributed by atoms with E-state index in [0.717, 1.165) is 18.8 Å². The average molecular weight is 452 g/mol. The van der Waals surface area contributed by atoms with Crippen LogP contribution in [0.3, 0.4) is 0 Å². The van der Waals surface area contributed by atoms with Gasteiger partial charge in [-0.15, -0.1) is 0 Å². The summed E-state index contributed by atoms with van der Waals surface area (Å²) in [6.45, 7) is 5.78. The first-order chi connectivity index (χ1) is 15.5. The van der Waals surface area contributed by atoms with E-state index in [0.29, 0.717) is 27.7 Å². The first-order valence-corrected chi connectivity index (χ1v) is 10.8. The molecular formula is C25H26ClN3O3. The van der Waals surface area contributed by atoms with Gasteiger partial charge in [-0.05, 0) is 62.4 Å². The molecule has 32 heavy (non-hydrogen) atoms. The zero-order chi connectivity index (χ0) is 22.9. The van der Waals surface area contributed by atoms with Gasteiger partial charge in [-0.2, -0.15) is 0 Å². The van der Waals surface area contributed by atoms with Gasteiger partial charge in [0.05, 0.1) is 16.3 Å². The van der Waals surface area contributed by atoms with Crippen molar-refractivity contribution in [1.29, 1.82) is 0 Å². The van der Waals surface area contributed by atoms with Crippen molar-refractivity contribution in [3.05, 3.63) is 83.4 Å². The molecule has 0 bridgehead atoms. The number of hydrogen-bond donors (Lipinski definition) is 2. The third-order valence-corrected chi connectivity index (χ3v) is 5.22. The zero-order valence-corrected chi connectivity index (χ0v) is 18.9. The van der Waals surface area contributed by atoms with Crippen LogP contribution in [-0.2, 0) is 4.79 Å². The second-order valence-corrected chi connectivity index (χ2v) is 7.39. The quantitative estimate of drug-likeness (QED) is 0.453. The minimum atomic E-state index is -0.375. The van der Waals surface area contributed by atoms with Gasteiger partial charge in [0, 0.05) is 24.5 Å². The Morgan fingerprint density at radius 2 is 1.53 bits per heavy atom. The lowest BCUT2D eigenvalue weighted by Crippen LogP contribution is -2.22. The van der Waals surface area contributed by atoms with Crippen LogP contribution < -0.4 is 20.3 Å². The highest BCUT2D eigenvalue weighted by Gasteiger charge is 2.14. The maximum Gasteiger partial charge on any atom is 0.262 e. The third-order valence-electron chi connectivity index (χ3n) is 4.89. The molecule has 0 spiro atoms. The van der Waals surface area contributed by atoms with E-state index < -0.39 is 0 Å². The van der Waals surface area contributed by atoms with Crippen molar-refractivity contribution < 1.29 is 14.3 Å². The van der Waals surface area contributed by atoms with Gasteiger partial charge in [-0.25, -0.2) is 0 Å². The number of carbonyl (C=O) groups is 2. The fourth-order valence-corrected chi connectivity index (χ4v) is 3.40. The van der Waals surface area contributed by atoms with Crippen molar-refractivity contribution in [3.63, 3.8) is 0 Å². The Hall–Kier alpha value is -3.51. The SMILES string of the molecule is CCN(CC)c1ccc(NC(=O)c2ccccc2OCC(=O)Nc2ccccc2Cl)cc1. The molecule has 0 aromatic heterocycles. The summed E-state index contributed by atoms with van der Waals surface area (Å²) < 4.78 is 5.63. The number of anilines is 3. The Labute approximate surface area is 193 Å². The molecular weight excluding hydrogens is 426 g/mol. The molecule has 0 unspecified atom stereocenters. The van der Waals surface area contributed by atoms with E-state index in [1.54, 1.807) is 48.5 Å². The van der Waals surface area contributed by atoms with Crippen LogP contribution in [0.15, 0.2) is 72.8 Å². The number of benzene rings is 3. The Morgan fingerprint density at radius 1 is 0.875 bits per heavy atom. The van der Waals surface area contributed by atoms with Crippen LogP contribution in [0.5, 0.6) is 5.75 Å². The number of carbonyl (C=O) groups excluding carboxylic acids is 2. The first kappa shape index (κ1) is 23.2. The maximum absolute atomic E-state index is 12.8. The van der Waals surface area contributed by atoms with Crippen molar-refractivity contribution in [2.45, 2.75) is 13.8 Å². The van der Waals surface area contributed by atoms with E-state index in [9.17, 15) is 9.59 Å². The highest BCUT2D eigenvalue weighted by Crippen LogP contribution is 2.23. The average Bonchev–Trinajstić information content (AvgIpc) is 2.81. The van der Waals surface area contributed by atoms with Gasteiger partial charge in [0.15, 0.2) is 6.61 Å². The maximum atomic E-state index is 12.8. The van der Waals surface area contributed by atoms with Crippen molar-refractivity contribution in [2.24, 2.45) is 0 Å². The number of nitrogens with one attached hydrogen (secondary N) is 2. The molecule has 166 valence electrons. The molecule has 0 fully saturated rings. The van der Waals surface area contributed by atoms with E-state index in [2.05, 4.69) is 29.4 Å². The monoisotopic (exact) mass is 451 g/mol. The Balaban J connectivity index is 1.63. The summed E-state index contributed by atoms with van der Waals surface area (Å²) in [5, 5.41) is 6.01. The van der Waals surface area contributed by atoms with Gasteiger partial charge < -0.3 is 20.3 Å². The topological polar surface area (TPSA) is 70.7 Å². The van der Waals surface area contributed by atoms with Crippen LogP contribution >= 0.6 is 11.6 Å². The molecule has 0 saturated heterocycles. The number of ether oxygens (including phenoxy) is 1. The summed E-state index contributed by atoms with van der Waals surface area (Å²) >= 11 is 6.06. The number of amides is 2. The molecule has 3 rings (SSSR count). The molecule has 2 amide bonds. The van der Waals surface area contributed by atoms with Crippen molar-refractivity contribution in [2.75, 3.05) is 35.2 Å².